The summed E-state index contributed by atoms with van der Waals surface area (Å²) in [6.45, 7) is -3.52. The van der Waals surface area contributed by atoms with E-state index in [-0.39, 0.29) is 10.5 Å². The number of rotatable bonds is 2. The van der Waals surface area contributed by atoms with Gasteiger partial charge in [-0.05, 0) is 58.5 Å². The second-order valence-electron chi connectivity index (χ2n) is 6.19. The second-order valence-corrected chi connectivity index (χ2v) is 6.19. The maximum Gasteiger partial charge on any atom is 0.514 e. The lowest BCUT2D eigenvalue weighted by molar-refractivity contribution is 0.00578. The molecule has 0 N–H and O–H groups in total. The molecule has 2 fully saturated rings. The Morgan fingerprint density at radius 3 is 2.50 bits per heavy atom. The molecule has 5 heteroatoms. The van der Waals surface area contributed by atoms with Crippen LogP contribution in [-0.2, 0) is 9.31 Å². The minimum atomic E-state index is -3.79. The van der Waals surface area contributed by atoms with Crippen molar-refractivity contribution in [2.24, 2.45) is 5.89 Å². The standard InChI is InChI=1S/C17H27BN2O2/c1-13-9-11-20(12-10-13)15-8-6-7-14(19-15)18-21-16(2,3)17(4,5)22-18/h6-8,13H,9-12H2,1-5H3/i1D3,9D2,10D2,11D2,12D2,13D. The maximum absolute atomic E-state index is 8.44. The van der Waals surface area contributed by atoms with Crippen LogP contribution in [0.15, 0.2) is 18.2 Å². The van der Waals surface area contributed by atoms with Gasteiger partial charge in [-0.25, -0.2) is 4.98 Å². The molecule has 2 saturated heterocycles. The van der Waals surface area contributed by atoms with Gasteiger partial charge >= 0.3 is 7.12 Å². The van der Waals surface area contributed by atoms with E-state index < -0.39 is 62.6 Å². The van der Waals surface area contributed by atoms with Crippen LogP contribution in [0.5, 0.6) is 0 Å². The molecule has 3 rings (SSSR count). The Labute approximate surface area is 151 Å². The molecule has 0 aliphatic carbocycles. The highest BCUT2D eigenvalue weighted by molar-refractivity contribution is 6.61. The molecule has 22 heavy (non-hydrogen) atoms. The summed E-state index contributed by atoms with van der Waals surface area (Å²) in [6.07, 6.45) is -7.41. The summed E-state index contributed by atoms with van der Waals surface area (Å²) in [4.78, 5) is 4.33. The van der Waals surface area contributed by atoms with E-state index in [0.717, 1.165) is 6.07 Å². The highest BCUT2D eigenvalue weighted by Crippen LogP contribution is 2.36. The second kappa shape index (κ2) is 5.53. The minimum Gasteiger partial charge on any atom is -0.398 e. The van der Waals surface area contributed by atoms with Crippen LogP contribution in [0.2, 0.25) is 0 Å². The van der Waals surface area contributed by atoms with Crippen molar-refractivity contribution in [3.63, 3.8) is 0 Å². The van der Waals surface area contributed by atoms with Crippen LogP contribution in [0.25, 0.3) is 0 Å². The molecule has 0 radical (unpaired) electrons. The van der Waals surface area contributed by atoms with Crippen LogP contribution >= 0.6 is 0 Å². The summed E-state index contributed by atoms with van der Waals surface area (Å²) in [7, 11) is -1.03. The summed E-state index contributed by atoms with van der Waals surface area (Å²) >= 11 is 0. The van der Waals surface area contributed by atoms with E-state index in [1.54, 1.807) is 27.7 Å². The molecule has 2 aliphatic heterocycles. The zero-order valence-electron chi connectivity index (χ0n) is 25.0. The van der Waals surface area contributed by atoms with Crippen molar-refractivity contribution in [3.05, 3.63) is 18.2 Å². The topological polar surface area (TPSA) is 34.6 Å². The van der Waals surface area contributed by atoms with E-state index in [4.69, 9.17) is 25.8 Å². The van der Waals surface area contributed by atoms with Gasteiger partial charge in [0.1, 0.15) is 5.82 Å². The van der Waals surface area contributed by atoms with Gasteiger partial charge in [0.15, 0.2) is 0 Å². The normalized spacial score (nSPS) is 44.0. The molecule has 0 aromatic carbocycles. The maximum atomic E-state index is 8.44. The highest BCUT2D eigenvalue weighted by Gasteiger charge is 2.52. The van der Waals surface area contributed by atoms with E-state index >= 15 is 0 Å². The monoisotopic (exact) mass is 314 g/mol. The SMILES string of the molecule is [2H]C([2H])([2H])C1([2H])C([2H])([2H])C([2H])([2H])N(c2cccc(B3OC(C)(C)C(C)(C)O3)n2)C([2H])([2H])C1([2H])[2H]. The van der Waals surface area contributed by atoms with Gasteiger partial charge in [0.05, 0.1) is 16.8 Å². The van der Waals surface area contributed by atoms with Crippen LogP contribution in [0.3, 0.4) is 0 Å². The molecule has 120 valence electrons. The van der Waals surface area contributed by atoms with Crippen LogP contribution in [-0.4, -0.2) is 36.3 Å². The van der Waals surface area contributed by atoms with Crippen LogP contribution < -0.4 is 10.5 Å². The van der Waals surface area contributed by atoms with Gasteiger partial charge in [0.25, 0.3) is 0 Å². The molecule has 0 bridgehead atoms. The van der Waals surface area contributed by atoms with Crippen molar-refractivity contribution in [1.82, 2.24) is 4.98 Å². The average Bonchev–Trinajstić information content (AvgIpc) is 2.86. The fourth-order valence-corrected chi connectivity index (χ4v) is 2.06. The number of hydrogen-bond acceptors (Lipinski definition) is 4. The highest BCUT2D eigenvalue weighted by atomic mass is 16.7. The van der Waals surface area contributed by atoms with E-state index in [1.807, 2.05) is 0 Å². The molecule has 0 spiro atoms. The molecule has 1 aromatic heterocycles. The molecule has 3 heterocycles. The Bertz CT molecular complexity index is 937. The summed E-state index contributed by atoms with van der Waals surface area (Å²) in [5.74, 6) is -4.30. The third-order valence-corrected chi connectivity index (χ3v) is 4.07. The van der Waals surface area contributed by atoms with Gasteiger partial charge in [-0.1, -0.05) is 12.9 Å². The zero-order chi connectivity index (χ0) is 26.6. The lowest BCUT2D eigenvalue weighted by Gasteiger charge is -2.32. The first-order valence-corrected chi connectivity index (χ1v) is 7.03. The molecule has 0 atom stereocenters. The van der Waals surface area contributed by atoms with Crippen LogP contribution in [0.1, 0.15) is 63.7 Å². The lowest BCUT2D eigenvalue weighted by atomic mass is 9.84. The quantitative estimate of drug-likeness (QED) is 0.786. The molecule has 0 amide bonds. The Balaban J connectivity index is 2.19. The Morgan fingerprint density at radius 2 is 1.91 bits per heavy atom. The van der Waals surface area contributed by atoms with Crippen molar-refractivity contribution >= 4 is 18.5 Å². The summed E-state index contributed by atoms with van der Waals surface area (Å²) < 4.78 is 110. The smallest absolute Gasteiger partial charge is 0.398 e. The number of pyridine rings is 1. The molecule has 2 aliphatic rings. The van der Waals surface area contributed by atoms with Gasteiger partial charge in [0, 0.05) is 29.4 Å². The van der Waals surface area contributed by atoms with Gasteiger partial charge in [0.2, 0.25) is 0 Å². The largest absolute Gasteiger partial charge is 0.514 e. The molecule has 0 saturated carbocycles. The first kappa shape index (κ1) is 6.82. The molecular weight excluding hydrogens is 275 g/mol. The number of piperidine rings is 1. The molecule has 1 aromatic rings. The number of nitrogens with zero attached hydrogens (tertiary/aromatic N) is 2. The van der Waals surface area contributed by atoms with E-state index in [1.165, 1.54) is 12.1 Å². The first-order chi connectivity index (χ1) is 14.9. The Morgan fingerprint density at radius 1 is 1.27 bits per heavy atom. The predicted molar refractivity (Wildman–Crippen MR) is 90.6 cm³/mol. The fourth-order valence-electron chi connectivity index (χ4n) is 2.06. The number of hydrogen-bond donors (Lipinski definition) is 0. The lowest BCUT2D eigenvalue weighted by Crippen LogP contribution is -2.41. The van der Waals surface area contributed by atoms with Crippen molar-refractivity contribution in [3.8, 4) is 0 Å². The number of anilines is 1. The van der Waals surface area contributed by atoms with E-state index in [2.05, 4.69) is 4.98 Å². The van der Waals surface area contributed by atoms with Crippen molar-refractivity contribution in [1.29, 1.82) is 0 Å². The summed E-state index contributed by atoms with van der Waals surface area (Å²) in [5, 5.41) is 0. The van der Waals surface area contributed by atoms with Crippen molar-refractivity contribution in [2.75, 3.05) is 17.9 Å². The Kier molecular flexibility index (Phi) is 1.72. The first-order valence-electron chi connectivity index (χ1n) is 13.0. The van der Waals surface area contributed by atoms with Crippen molar-refractivity contribution in [2.45, 2.75) is 58.5 Å². The van der Waals surface area contributed by atoms with Gasteiger partial charge in [-0.15, -0.1) is 0 Å². The fraction of sp³-hybridized carbons (Fsp3) is 0.706. The summed E-state index contributed by atoms with van der Waals surface area (Å²) in [5.41, 5.74) is -1.39. The van der Waals surface area contributed by atoms with Gasteiger partial charge in [-0.2, -0.15) is 0 Å². The average molecular weight is 314 g/mol. The van der Waals surface area contributed by atoms with Crippen LogP contribution in [0, 0.1) is 5.89 Å². The number of aromatic nitrogens is 1. The third-order valence-electron chi connectivity index (χ3n) is 4.07. The molecule has 0 unspecified atom stereocenters. The minimum absolute atomic E-state index is 0.0994. The summed E-state index contributed by atoms with van der Waals surface area (Å²) in [6, 6.07) is 3.98. The van der Waals surface area contributed by atoms with Gasteiger partial charge in [-0.3, -0.25) is 0 Å². The van der Waals surface area contributed by atoms with Gasteiger partial charge < -0.3 is 14.2 Å². The molecule has 4 nitrogen and oxygen atoms in total. The van der Waals surface area contributed by atoms with E-state index in [9.17, 15) is 0 Å². The third kappa shape index (κ3) is 2.89. The predicted octanol–water partition coefficient (Wildman–Crippen LogP) is 2.62. The van der Waals surface area contributed by atoms with Crippen molar-refractivity contribution < 1.29 is 25.8 Å². The van der Waals surface area contributed by atoms with E-state index in [0.29, 0.717) is 0 Å². The van der Waals surface area contributed by atoms with Crippen LogP contribution in [0.4, 0.5) is 5.82 Å². The zero-order valence-corrected chi connectivity index (χ0v) is 13.0. The molecular formula is C17H27BN2O2. The Hall–Kier alpha value is -1.07.